The molecule has 4 nitrogen and oxygen atoms in total. The molecule has 0 aliphatic heterocycles. The van der Waals surface area contributed by atoms with Crippen molar-refractivity contribution in [2.75, 3.05) is 0 Å². The summed E-state index contributed by atoms with van der Waals surface area (Å²) in [5.41, 5.74) is 6.45. The minimum atomic E-state index is -0.399. The van der Waals surface area contributed by atoms with E-state index in [0.29, 0.717) is 0 Å². The first-order chi connectivity index (χ1) is 9.11. The van der Waals surface area contributed by atoms with Crippen LogP contribution in [0.2, 0.25) is 0 Å². The zero-order chi connectivity index (χ0) is 13.8. The summed E-state index contributed by atoms with van der Waals surface area (Å²) in [6.45, 7) is 4.89. The molecule has 102 valence electrons. The van der Waals surface area contributed by atoms with E-state index < -0.39 is 5.82 Å². The zero-order valence-corrected chi connectivity index (χ0v) is 11.1. The average Bonchev–Trinajstić information content (AvgIpc) is 2.84. The molecule has 1 aromatic heterocycles. The third-order valence-electron chi connectivity index (χ3n) is 2.98. The van der Waals surface area contributed by atoms with Gasteiger partial charge in [-0.2, -0.15) is 0 Å². The Bertz CT molecular complexity index is 551. The lowest BCUT2D eigenvalue weighted by atomic mass is 10.1. The Kier molecular flexibility index (Phi) is 4.16. The number of ether oxygens (including phenoxy) is 1. The molecule has 19 heavy (non-hydrogen) atoms. The second-order valence-electron chi connectivity index (χ2n) is 4.40. The average molecular weight is 263 g/mol. The molecule has 0 unspecified atom stereocenters. The maximum absolute atomic E-state index is 13.8. The van der Waals surface area contributed by atoms with Crippen LogP contribution in [0.15, 0.2) is 30.6 Å². The van der Waals surface area contributed by atoms with Gasteiger partial charge in [0.05, 0.1) is 0 Å². The van der Waals surface area contributed by atoms with Crippen LogP contribution in [0.4, 0.5) is 4.39 Å². The summed E-state index contributed by atoms with van der Waals surface area (Å²) in [4.78, 5) is 4.17. The Morgan fingerprint density at radius 2 is 2.26 bits per heavy atom. The fourth-order valence-corrected chi connectivity index (χ4v) is 1.83. The third kappa shape index (κ3) is 3.12. The molecule has 0 amide bonds. The number of aromatic nitrogens is 2. The van der Waals surface area contributed by atoms with E-state index in [1.165, 1.54) is 6.07 Å². The van der Waals surface area contributed by atoms with Crippen molar-refractivity contribution < 1.29 is 9.13 Å². The van der Waals surface area contributed by atoms with E-state index in [-0.39, 0.29) is 18.4 Å². The van der Waals surface area contributed by atoms with E-state index in [0.717, 1.165) is 17.9 Å². The summed E-state index contributed by atoms with van der Waals surface area (Å²) in [5, 5.41) is 0. The Hall–Kier alpha value is -1.88. The van der Waals surface area contributed by atoms with E-state index in [4.69, 9.17) is 10.5 Å². The quantitative estimate of drug-likeness (QED) is 0.902. The molecule has 0 radical (unpaired) electrons. The number of aryl methyl sites for hydroxylation is 1. The van der Waals surface area contributed by atoms with Gasteiger partial charge in [0.15, 0.2) is 11.6 Å². The van der Waals surface area contributed by atoms with Crippen molar-refractivity contribution in [2.45, 2.75) is 33.0 Å². The lowest BCUT2D eigenvalue weighted by molar-refractivity contribution is 0.275. The molecule has 0 aliphatic rings. The van der Waals surface area contributed by atoms with Crippen molar-refractivity contribution in [1.29, 1.82) is 0 Å². The predicted octanol–water partition coefficient (Wildman–Crippen LogP) is 2.64. The second kappa shape index (κ2) is 5.84. The van der Waals surface area contributed by atoms with Gasteiger partial charge in [0.1, 0.15) is 12.4 Å². The van der Waals surface area contributed by atoms with E-state index in [9.17, 15) is 4.39 Å². The van der Waals surface area contributed by atoms with E-state index >= 15 is 0 Å². The predicted molar refractivity (Wildman–Crippen MR) is 71.2 cm³/mol. The fraction of sp³-hybridized carbons (Fsp3) is 0.357. The van der Waals surface area contributed by atoms with Crippen molar-refractivity contribution in [1.82, 2.24) is 9.55 Å². The molecule has 1 atom stereocenters. The topological polar surface area (TPSA) is 53.1 Å². The van der Waals surface area contributed by atoms with Crippen molar-refractivity contribution >= 4 is 0 Å². The summed E-state index contributed by atoms with van der Waals surface area (Å²) in [5.74, 6) is 0.595. The molecular formula is C14H18FN3O. The largest absolute Gasteiger partial charge is 0.483 e. The number of hydrogen-bond acceptors (Lipinski definition) is 3. The molecule has 2 N–H and O–H groups in total. The molecule has 1 heterocycles. The first-order valence-corrected chi connectivity index (χ1v) is 6.29. The smallest absolute Gasteiger partial charge is 0.165 e. The van der Waals surface area contributed by atoms with Crippen LogP contribution in [0.5, 0.6) is 5.75 Å². The SMILES string of the molecule is CCn1ccnc1COc1ccc([C@H](C)N)cc1F. The van der Waals surface area contributed by atoms with E-state index in [1.54, 1.807) is 18.3 Å². The van der Waals surface area contributed by atoms with Gasteiger partial charge in [0.25, 0.3) is 0 Å². The molecule has 0 bridgehead atoms. The van der Waals surface area contributed by atoms with Gasteiger partial charge in [-0.15, -0.1) is 0 Å². The second-order valence-corrected chi connectivity index (χ2v) is 4.40. The highest BCUT2D eigenvalue weighted by atomic mass is 19.1. The lowest BCUT2D eigenvalue weighted by Gasteiger charge is -2.11. The normalized spacial score (nSPS) is 12.4. The van der Waals surface area contributed by atoms with Crippen LogP contribution in [0.1, 0.15) is 31.3 Å². The first kappa shape index (κ1) is 13.5. The molecule has 0 fully saturated rings. The first-order valence-electron chi connectivity index (χ1n) is 6.29. The van der Waals surface area contributed by atoms with Gasteiger partial charge in [0.2, 0.25) is 0 Å². The van der Waals surface area contributed by atoms with Gasteiger partial charge in [-0.05, 0) is 31.5 Å². The zero-order valence-electron chi connectivity index (χ0n) is 11.1. The molecule has 0 saturated heterocycles. The summed E-state index contributed by atoms with van der Waals surface area (Å²) < 4.78 is 21.2. The Morgan fingerprint density at radius 3 is 2.89 bits per heavy atom. The van der Waals surface area contributed by atoms with Gasteiger partial charge in [0, 0.05) is 25.0 Å². The third-order valence-corrected chi connectivity index (χ3v) is 2.98. The fourth-order valence-electron chi connectivity index (χ4n) is 1.83. The molecule has 1 aromatic carbocycles. The number of nitrogens with two attached hydrogens (primary N) is 1. The molecule has 5 heteroatoms. The number of nitrogens with zero attached hydrogens (tertiary/aromatic N) is 2. The number of halogens is 1. The molecule has 2 rings (SSSR count). The number of imidazole rings is 1. The van der Waals surface area contributed by atoms with Gasteiger partial charge in [-0.1, -0.05) is 6.07 Å². The summed E-state index contributed by atoms with van der Waals surface area (Å²) >= 11 is 0. The standard InChI is InChI=1S/C14H18FN3O/c1-3-18-7-6-17-14(18)9-19-13-5-4-11(10(2)16)8-12(13)15/h4-8,10H,3,9,16H2,1-2H3/t10-/m0/s1. The van der Waals surface area contributed by atoms with Crippen LogP contribution in [0, 0.1) is 5.82 Å². The van der Waals surface area contributed by atoms with Crippen LogP contribution in [-0.4, -0.2) is 9.55 Å². The number of hydrogen-bond donors (Lipinski definition) is 1. The highest BCUT2D eigenvalue weighted by Crippen LogP contribution is 2.21. The highest BCUT2D eigenvalue weighted by Gasteiger charge is 2.09. The number of benzene rings is 1. The monoisotopic (exact) mass is 263 g/mol. The van der Waals surface area contributed by atoms with Crippen LogP contribution in [-0.2, 0) is 13.2 Å². The van der Waals surface area contributed by atoms with E-state index in [1.807, 2.05) is 24.6 Å². The molecule has 0 spiro atoms. The molecular weight excluding hydrogens is 245 g/mol. The van der Waals surface area contributed by atoms with Crippen LogP contribution in [0.25, 0.3) is 0 Å². The maximum Gasteiger partial charge on any atom is 0.165 e. The molecule has 0 saturated carbocycles. The number of rotatable bonds is 5. The van der Waals surface area contributed by atoms with Crippen LogP contribution < -0.4 is 10.5 Å². The Balaban J connectivity index is 2.08. The van der Waals surface area contributed by atoms with Crippen molar-refractivity contribution in [3.05, 3.63) is 47.8 Å². The Morgan fingerprint density at radius 1 is 1.47 bits per heavy atom. The minimum Gasteiger partial charge on any atom is -0.483 e. The van der Waals surface area contributed by atoms with Gasteiger partial charge in [-0.25, -0.2) is 9.37 Å². The van der Waals surface area contributed by atoms with Gasteiger partial charge >= 0.3 is 0 Å². The van der Waals surface area contributed by atoms with Gasteiger partial charge < -0.3 is 15.0 Å². The highest BCUT2D eigenvalue weighted by molar-refractivity contribution is 5.30. The van der Waals surface area contributed by atoms with Gasteiger partial charge in [-0.3, -0.25) is 0 Å². The summed E-state index contributed by atoms with van der Waals surface area (Å²) in [7, 11) is 0. The minimum absolute atomic E-state index is 0.192. The summed E-state index contributed by atoms with van der Waals surface area (Å²) in [6.07, 6.45) is 3.58. The van der Waals surface area contributed by atoms with Crippen molar-refractivity contribution in [2.24, 2.45) is 5.73 Å². The molecule has 0 aliphatic carbocycles. The summed E-state index contributed by atoms with van der Waals surface area (Å²) in [6, 6.07) is 4.59. The van der Waals surface area contributed by atoms with Crippen LogP contribution in [0.3, 0.4) is 0 Å². The van der Waals surface area contributed by atoms with Crippen molar-refractivity contribution in [3.63, 3.8) is 0 Å². The molecule has 2 aromatic rings. The van der Waals surface area contributed by atoms with Crippen molar-refractivity contribution in [3.8, 4) is 5.75 Å². The van der Waals surface area contributed by atoms with E-state index in [2.05, 4.69) is 4.98 Å². The maximum atomic E-state index is 13.8. The van der Waals surface area contributed by atoms with Crippen LogP contribution >= 0.6 is 0 Å². The Labute approximate surface area is 112 Å². The lowest BCUT2D eigenvalue weighted by Crippen LogP contribution is -2.08.